The average Bonchev–Trinajstić information content (AvgIpc) is 3.71. The van der Waals surface area contributed by atoms with Crippen molar-refractivity contribution in [1.29, 1.82) is 0 Å². The Morgan fingerprint density at radius 2 is 1.88 bits per heavy atom. The Morgan fingerprint density at radius 1 is 1.10 bits per heavy atom. The van der Waals surface area contributed by atoms with E-state index < -0.39 is 18.4 Å². The summed E-state index contributed by atoms with van der Waals surface area (Å²) < 4.78 is 6.54. The van der Waals surface area contributed by atoms with E-state index in [0.29, 0.717) is 44.4 Å². The number of benzene rings is 2. The van der Waals surface area contributed by atoms with Gasteiger partial charge in [-0.3, -0.25) is 20.0 Å². The molecule has 9 nitrogen and oxygen atoms in total. The average molecular weight is 696 g/mol. The van der Waals surface area contributed by atoms with Crippen LogP contribution >= 0.6 is 0 Å². The van der Waals surface area contributed by atoms with Crippen molar-refractivity contribution < 1.29 is 29.8 Å². The molecule has 9 heteroatoms. The van der Waals surface area contributed by atoms with Crippen LogP contribution in [0.4, 0.5) is 0 Å². The largest absolute Gasteiger partial charge is 0.504 e. The first-order valence-electron chi connectivity index (χ1n) is 19.1. The van der Waals surface area contributed by atoms with Crippen molar-refractivity contribution in [2.75, 3.05) is 13.1 Å². The van der Waals surface area contributed by atoms with Crippen LogP contribution in [0.3, 0.4) is 0 Å². The Morgan fingerprint density at radius 3 is 2.69 bits per heavy atom. The van der Waals surface area contributed by atoms with Crippen LogP contribution in [0.5, 0.6) is 11.5 Å². The number of quaternary nitrogens is 1. The minimum Gasteiger partial charge on any atom is -0.504 e. The van der Waals surface area contributed by atoms with Crippen molar-refractivity contribution >= 4 is 11.5 Å². The summed E-state index contributed by atoms with van der Waals surface area (Å²) in [4.78, 5) is 19.3. The van der Waals surface area contributed by atoms with Crippen LogP contribution in [0.25, 0.3) is 0 Å². The fraction of sp³-hybridized carbons (Fsp3) is 0.524. The second-order valence-corrected chi connectivity index (χ2v) is 14.6. The van der Waals surface area contributed by atoms with Gasteiger partial charge in [0.05, 0.1) is 17.8 Å². The molecule has 1 unspecified atom stereocenters. The van der Waals surface area contributed by atoms with Crippen LogP contribution in [0, 0.1) is 17.8 Å². The number of Topliss-reactive ketones (excluding diaryl/α,β-unsaturated/α-hetero) is 1. The Kier molecular flexibility index (Phi) is 12.4. The van der Waals surface area contributed by atoms with Crippen molar-refractivity contribution in [2.24, 2.45) is 16.6 Å². The minimum atomic E-state index is -0.972. The number of aliphatic hydroxyl groups is 2. The number of aryl methyl sites for hydroxylation is 1. The number of nitrogens with zero attached hydrogens (tertiary/aromatic N) is 1. The number of aliphatic imine (C=N–C) groups is 1. The molecule has 0 amide bonds. The van der Waals surface area contributed by atoms with E-state index in [9.17, 15) is 20.1 Å². The number of nitrogens with one attached hydrogen (secondary N) is 2. The molecule has 0 aliphatic carbocycles. The molecular weight excluding hydrogens is 640 g/mol. The topological polar surface area (TPSA) is 142 Å². The number of nitrogens with two attached hydrogens (primary N) is 1. The lowest BCUT2D eigenvalue weighted by Gasteiger charge is -2.28. The van der Waals surface area contributed by atoms with E-state index in [0.717, 1.165) is 102 Å². The molecule has 0 spiro atoms. The van der Waals surface area contributed by atoms with Gasteiger partial charge in [0.1, 0.15) is 36.8 Å². The molecule has 2 bridgehead atoms. The Bertz CT molecular complexity index is 1740. The molecule has 4 aliphatic heterocycles. The van der Waals surface area contributed by atoms with E-state index in [1.165, 1.54) is 5.56 Å². The molecule has 0 saturated heterocycles. The second-order valence-electron chi connectivity index (χ2n) is 14.6. The predicted octanol–water partition coefficient (Wildman–Crippen LogP) is 4.64. The first-order valence-corrected chi connectivity index (χ1v) is 19.1. The van der Waals surface area contributed by atoms with Crippen molar-refractivity contribution in [2.45, 2.75) is 122 Å². The molecular formula is C42H55N4O5+. The number of fused-ring (bicyclic) bond motifs is 4. The van der Waals surface area contributed by atoms with E-state index in [2.05, 4.69) is 37.2 Å². The van der Waals surface area contributed by atoms with Gasteiger partial charge in [0, 0.05) is 31.5 Å². The number of hydrogen-bond acceptors (Lipinski definition) is 8. The van der Waals surface area contributed by atoms with Gasteiger partial charge in [0.25, 0.3) is 0 Å². The number of carbonyl (C=O) groups is 1. The highest BCUT2D eigenvalue weighted by molar-refractivity contribution is 6.08. The van der Waals surface area contributed by atoms with Crippen LogP contribution in [0.15, 0.2) is 58.9 Å². The zero-order valence-corrected chi connectivity index (χ0v) is 30.2. The summed E-state index contributed by atoms with van der Waals surface area (Å²) in [5.74, 6) is 6.39. The summed E-state index contributed by atoms with van der Waals surface area (Å²) in [7, 11) is 0. The van der Waals surface area contributed by atoms with E-state index in [1.807, 2.05) is 30.5 Å². The van der Waals surface area contributed by atoms with Gasteiger partial charge in [-0.15, -0.1) is 0 Å². The number of phenols is 1. The number of aliphatic hydroxyl groups excluding tert-OH is 2. The van der Waals surface area contributed by atoms with E-state index >= 15 is 0 Å². The number of ketones is 1. The van der Waals surface area contributed by atoms with Crippen LogP contribution in [-0.4, -0.2) is 52.2 Å². The molecule has 6 rings (SSSR count). The molecule has 0 radical (unpaired) electrons. The Balaban J connectivity index is 1.19. The van der Waals surface area contributed by atoms with Crippen molar-refractivity contribution in [3.05, 3.63) is 81.7 Å². The first-order chi connectivity index (χ1) is 24.8. The smallest absolute Gasteiger partial charge is 0.247 e. The summed E-state index contributed by atoms with van der Waals surface area (Å²) in [5, 5.41) is 36.6. The number of ether oxygens (including phenoxy) is 1. The normalized spacial score (nSPS) is 23.3. The van der Waals surface area contributed by atoms with Gasteiger partial charge >= 0.3 is 0 Å². The third kappa shape index (κ3) is 8.65. The second kappa shape index (κ2) is 17.2. The Hall–Kier alpha value is -3.78. The van der Waals surface area contributed by atoms with Crippen LogP contribution < -0.4 is 20.7 Å². The number of rotatable bonds is 15. The predicted molar refractivity (Wildman–Crippen MR) is 199 cm³/mol. The molecule has 4 heterocycles. The standard InChI is InChI=1S/C42H54N4O5/c1-3-5-7-10-32(37(48)11-8-6-4-2)38(49)18-14-27-15-19-39(50)40(22-27)51-41-13-9-12-36(47)30-16-17-31-29(20-21-44-42(31)43)33(30)23-28-24-45-35-26-46(41)25-34(28)35/h15-17,19,22,24-25,32,36-37,41-42,44,47-48,50H,3-8,10-11,13-14,18,20-21,23,26,43H2,1-2H3/p+1/t32-,36+,37-,41-,42-/m1/s1. The summed E-state index contributed by atoms with van der Waals surface area (Å²) in [6.45, 7) is 5.68. The maximum absolute atomic E-state index is 13.5. The van der Waals surface area contributed by atoms with Gasteiger partial charge in [-0.2, -0.15) is 0 Å². The molecule has 7 N–H and O–H groups in total. The van der Waals surface area contributed by atoms with Gasteiger partial charge in [-0.25, -0.2) is 0 Å². The SMILES string of the molecule is CCCCC[C@@H](O)[C@@H](CCCCC)C(=O)CCc1ccc(O)c(O[C@@H]2CC#C[C@H](O)c3ccc4c(c3CC3=CN=C5C[NH+]2C=C35)CCN[C@H]4N)c1. The summed E-state index contributed by atoms with van der Waals surface area (Å²) >= 11 is 0. The lowest BCUT2D eigenvalue weighted by Crippen LogP contribution is -3.12. The minimum absolute atomic E-state index is 0.0174. The molecule has 2 aromatic rings. The van der Waals surface area contributed by atoms with Crippen molar-refractivity contribution in [3.63, 3.8) is 0 Å². The molecule has 51 heavy (non-hydrogen) atoms. The number of unbranched alkanes of at least 4 members (excludes halogenated alkanes) is 4. The summed E-state index contributed by atoms with van der Waals surface area (Å²) in [5.41, 5.74) is 14.6. The molecule has 6 atom stereocenters. The lowest BCUT2D eigenvalue weighted by molar-refractivity contribution is -0.882. The van der Waals surface area contributed by atoms with Crippen LogP contribution in [-0.2, 0) is 24.1 Å². The highest BCUT2D eigenvalue weighted by atomic mass is 16.5. The van der Waals surface area contributed by atoms with E-state index in [1.54, 1.807) is 6.07 Å². The maximum Gasteiger partial charge on any atom is 0.247 e. The number of aromatic hydroxyl groups is 1. The van der Waals surface area contributed by atoms with Crippen LogP contribution in [0.2, 0.25) is 0 Å². The zero-order chi connectivity index (χ0) is 35.9. The summed E-state index contributed by atoms with van der Waals surface area (Å²) in [6, 6.07) is 9.22. The third-order valence-electron chi connectivity index (χ3n) is 11.0. The quantitative estimate of drug-likeness (QED) is 0.118. The third-order valence-corrected chi connectivity index (χ3v) is 11.0. The van der Waals surface area contributed by atoms with Gasteiger partial charge in [-0.05, 0) is 71.2 Å². The lowest BCUT2D eigenvalue weighted by atomic mass is 9.84. The fourth-order valence-electron chi connectivity index (χ4n) is 7.98. The van der Waals surface area contributed by atoms with Gasteiger partial charge in [0.15, 0.2) is 11.5 Å². The highest BCUT2D eigenvalue weighted by Gasteiger charge is 2.37. The monoisotopic (exact) mass is 695 g/mol. The number of carbonyl (C=O) groups excluding carboxylic acids is 1. The molecule has 0 aromatic heterocycles. The van der Waals surface area contributed by atoms with E-state index in [-0.39, 0.29) is 23.6 Å². The number of hydrogen-bond donors (Lipinski definition) is 6. The molecule has 4 aliphatic rings. The molecule has 2 aromatic carbocycles. The van der Waals surface area contributed by atoms with Crippen molar-refractivity contribution in [3.8, 4) is 23.3 Å². The Labute approximate surface area is 302 Å². The molecule has 272 valence electrons. The number of phenolic OH excluding ortho intramolecular Hbond substituents is 1. The van der Waals surface area contributed by atoms with Gasteiger partial charge < -0.3 is 25.8 Å². The zero-order valence-electron chi connectivity index (χ0n) is 30.2. The fourth-order valence-corrected chi connectivity index (χ4v) is 7.98. The van der Waals surface area contributed by atoms with Gasteiger partial charge in [0.2, 0.25) is 6.23 Å². The van der Waals surface area contributed by atoms with E-state index in [4.69, 9.17) is 15.5 Å². The van der Waals surface area contributed by atoms with Crippen LogP contribution in [0.1, 0.15) is 118 Å². The maximum atomic E-state index is 13.5. The summed E-state index contributed by atoms with van der Waals surface area (Å²) in [6.07, 6.45) is 11.9. The highest BCUT2D eigenvalue weighted by Crippen LogP contribution is 2.35. The number of allylic oxidation sites excluding steroid dienone is 1. The molecule has 0 fully saturated rings. The van der Waals surface area contributed by atoms with Gasteiger partial charge in [-0.1, -0.05) is 82.4 Å². The van der Waals surface area contributed by atoms with Crippen molar-refractivity contribution in [1.82, 2.24) is 5.32 Å². The molecule has 0 saturated carbocycles. The first kappa shape index (κ1) is 37.0.